The Balaban J connectivity index is 1.87. The van der Waals surface area contributed by atoms with Gasteiger partial charge < -0.3 is 10.2 Å². The van der Waals surface area contributed by atoms with Gasteiger partial charge in [0.2, 0.25) is 11.8 Å². The van der Waals surface area contributed by atoms with Gasteiger partial charge in [-0.25, -0.2) is 8.42 Å². The highest BCUT2D eigenvalue weighted by Crippen LogP contribution is 2.37. The zero-order chi connectivity index (χ0) is 35.1. The maximum atomic E-state index is 14.5. The van der Waals surface area contributed by atoms with E-state index in [1.54, 1.807) is 30.3 Å². The van der Waals surface area contributed by atoms with E-state index >= 15 is 0 Å². The maximum absolute atomic E-state index is 14.5. The van der Waals surface area contributed by atoms with Crippen LogP contribution in [0.4, 0.5) is 18.9 Å². The normalized spacial score (nSPS) is 13.0. The quantitative estimate of drug-likeness (QED) is 0.157. The summed E-state index contributed by atoms with van der Waals surface area (Å²) in [6.07, 6.45) is -4.11. The van der Waals surface area contributed by atoms with E-state index in [0.29, 0.717) is 22.4 Å². The summed E-state index contributed by atoms with van der Waals surface area (Å²) in [4.78, 5) is 29.5. The Labute approximate surface area is 284 Å². The van der Waals surface area contributed by atoms with E-state index in [0.717, 1.165) is 23.3 Å². The van der Waals surface area contributed by atoms with Gasteiger partial charge in [-0.1, -0.05) is 96.9 Å². The van der Waals surface area contributed by atoms with Gasteiger partial charge in [-0.05, 0) is 61.7 Å². The van der Waals surface area contributed by atoms with Crippen molar-refractivity contribution in [1.82, 2.24) is 10.2 Å². The van der Waals surface area contributed by atoms with Gasteiger partial charge in [0.1, 0.15) is 12.6 Å². The van der Waals surface area contributed by atoms with Crippen LogP contribution in [0.3, 0.4) is 0 Å². The number of carbonyl (C=O) groups is 2. The minimum absolute atomic E-state index is 0.0832. The summed E-state index contributed by atoms with van der Waals surface area (Å²) < 4.78 is 70.4. The molecule has 0 saturated carbocycles. The van der Waals surface area contributed by atoms with Gasteiger partial charge in [0.15, 0.2) is 0 Å². The molecule has 7 nitrogen and oxygen atoms in total. The summed E-state index contributed by atoms with van der Waals surface area (Å²) in [5, 5.41) is 2.63. The highest BCUT2D eigenvalue weighted by molar-refractivity contribution is 7.92. The zero-order valence-corrected chi connectivity index (χ0v) is 28.3. The molecule has 0 aliphatic carbocycles. The predicted molar refractivity (Wildman–Crippen MR) is 181 cm³/mol. The molecule has 0 saturated heterocycles. The number of hydrogen-bond acceptors (Lipinski definition) is 4. The molecule has 1 N–H and O–H groups in total. The van der Waals surface area contributed by atoms with Crippen LogP contribution in [-0.4, -0.2) is 43.8 Å². The minimum atomic E-state index is -4.82. The van der Waals surface area contributed by atoms with Crippen LogP contribution in [-0.2, 0) is 38.8 Å². The van der Waals surface area contributed by atoms with Gasteiger partial charge in [0.05, 0.1) is 21.2 Å². The summed E-state index contributed by atoms with van der Waals surface area (Å²) in [5.74, 6) is -1.27. The van der Waals surface area contributed by atoms with Crippen LogP contribution >= 0.6 is 11.6 Å². The fourth-order valence-electron chi connectivity index (χ4n) is 5.00. The Morgan fingerprint density at radius 1 is 0.875 bits per heavy atom. The number of anilines is 1. The number of rotatable bonds is 13. The molecule has 2 amide bonds. The molecule has 48 heavy (non-hydrogen) atoms. The number of nitrogens with one attached hydrogen (secondary N) is 1. The van der Waals surface area contributed by atoms with Gasteiger partial charge in [-0.2, -0.15) is 13.2 Å². The molecule has 0 aliphatic rings. The molecular formula is C36H37ClF3N3O4S. The van der Waals surface area contributed by atoms with E-state index in [9.17, 15) is 31.2 Å². The highest BCUT2D eigenvalue weighted by Gasteiger charge is 2.37. The first-order chi connectivity index (χ1) is 22.7. The van der Waals surface area contributed by atoms with Gasteiger partial charge in [0.25, 0.3) is 10.0 Å². The molecule has 2 atom stereocenters. The van der Waals surface area contributed by atoms with Crippen LogP contribution < -0.4 is 9.62 Å². The summed E-state index contributed by atoms with van der Waals surface area (Å²) in [6.45, 7) is 4.60. The van der Waals surface area contributed by atoms with Crippen molar-refractivity contribution in [2.24, 2.45) is 0 Å². The Morgan fingerprint density at radius 2 is 1.48 bits per heavy atom. The average molecular weight is 700 g/mol. The largest absolute Gasteiger partial charge is 0.416 e. The van der Waals surface area contributed by atoms with Gasteiger partial charge in [0, 0.05) is 19.0 Å². The molecule has 4 rings (SSSR count). The van der Waals surface area contributed by atoms with Crippen molar-refractivity contribution in [2.75, 3.05) is 10.8 Å². The number of benzene rings is 4. The van der Waals surface area contributed by atoms with Crippen molar-refractivity contribution < 1.29 is 31.2 Å². The number of sulfonamides is 1. The topological polar surface area (TPSA) is 86.8 Å². The lowest BCUT2D eigenvalue weighted by atomic mass is 10.0. The molecule has 4 aromatic rings. The predicted octanol–water partition coefficient (Wildman–Crippen LogP) is 7.42. The number of halogens is 4. The molecule has 254 valence electrons. The van der Waals surface area contributed by atoms with Crippen LogP contribution in [0.15, 0.2) is 108 Å². The summed E-state index contributed by atoms with van der Waals surface area (Å²) in [7, 11) is -4.64. The third-order valence-corrected chi connectivity index (χ3v) is 9.99. The molecule has 0 radical (unpaired) electrons. The third kappa shape index (κ3) is 9.17. The highest BCUT2D eigenvalue weighted by atomic mass is 35.5. The molecule has 0 heterocycles. The van der Waals surface area contributed by atoms with Crippen molar-refractivity contribution in [1.29, 1.82) is 0 Å². The van der Waals surface area contributed by atoms with Crippen molar-refractivity contribution in [2.45, 2.75) is 63.3 Å². The number of carbonyl (C=O) groups excluding carboxylic acids is 2. The monoisotopic (exact) mass is 699 g/mol. The molecule has 0 aromatic heterocycles. The van der Waals surface area contributed by atoms with Crippen molar-refractivity contribution in [3.8, 4) is 0 Å². The summed E-state index contributed by atoms with van der Waals surface area (Å²) in [5.41, 5.74) is 0.707. The van der Waals surface area contributed by atoms with Gasteiger partial charge >= 0.3 is 6.18 Å². The fraction of sp³-hybridized carbons (Fsp3) is 0.278. The Morgan fingerprint density at radius 3 is 2.06 bits per heavy atom. The van der Waals surface area contributed by atoms with Crippen molar-refractivity contribution in [3.05, 3.63) is 130 Å². The van der Waals surface area contributed by atoms with E-state index < -0.39 is 51.9 Å². The lowest BCUT2D eigenvalue weighted by Crippen LogP contribution is -2.54. The second-order valence-corrected chi connectivity index (χ2v) is 13.8. The molecule has 4 aromatic carbocycles. The van der Waals surface area contributed by atoms with Crippen LogP contribution in [0.5, 0.6) is 0 Å². The lowest BCUT2D eigenvalue weighted by molar-refractivity contribution is -0.140. The Bertz CT molecular complexity index is 1810. The van der Waals surface area contributed by atoms with E-state index in [4.69, 9.17) is 11.6 Å². The molecule has 0 spiro atoms. The molecule has 0 fully saturated rings. The van der Waals surface area contributed by atoms with E-state index in [1.807, 2.05) is 51.1 Å². The lowest BCUT2D eigenvalue weighted by Gasteiger charge is -2.34. The van der Waals surface area contributed by atoms with E-state index in [-0.39, 0.29) is 28.9 Å². The van der Waals surface area contributed by atoms with Crippen molar-refractivity contribution in [3.63, 3.8) is 0 Å². The Kier molecular flexibility index (Phi) is 11.9. The smallest absolute Gasteiger partial charge is 0.352 e. The molecule has 0 unspecified atom stereocenters. The number of hydrogen-bond donors (Lipinski definition) is 1. The number of amides is 2. The van der Waals surface area contributed by atoms with Crippen LogP contribution in [0, 0.1) is 6.92 Å². The van der Waals surface area contributed by atoms with Gasteiger partial charge in [-0.15, -0.1) is 0 Å². The van der Waals surface area contributed by atoms with E-state index in [2.05, 4.69) is 5.32 Å². The maximum Gasteiger partial charge on any atom is 0.416 e. The fourth-order valence-corrected chi connectivity index (χ4v) is 6.71. The second-order valence-electron chi connectivity index (χ2n) is 11.5. The summed E-state index contributed by atoms with van der Waals surface area (Å²) >= 11 is 6.37. The van der Waals surface area contributed by atoms with Crippen LogP contribution in [0.1, 0.15) is 42.5 Å². The average Bonchev–Trinajstić information content (AvgIpc) is 3.06. The molecule has 12 heteroatoms. The number of alkyl halides is 3. The molecular weight excluding hydrogens is 663 g/mol. The Hall–Kier alpha value is -4.35. The zero-order valence-electron chi connectivity index (χ0n) is 26.7. The standard InChI is InChI=1S/C36H37ClF3N3O4S/c1-4-26(3)41-35(45)33(21-27-11-7-5-8-12-27)42(23-28-17-15-25(2)16-18-28)34(44)24-43(48(46,47)30-13-9-6-10-14-30)32-22-29(36(38,39)40)19-20-31(32)37/h5-20,22,26,33H,4,21,23-24H2,1-3H3,(H,41,45)/t26-,33-/m1/s1. The molecule has 0 bridgehead atoms. The van der Waals surface area contributed by atoms with E-state index in [1.165, 1.54) is 29.2 Å². The summed E-state index contributed by atoms with van der Waals surface area (Å²) in [6, 6.07) is 24.3. The first-order valence-electron chi connectivity index (χ1n) is 15.3. The van der Waals surface area contributed by atoms with Crippen LogP contribution in [0.25, 0.3) is 0 Å². The minimum Gasteiger partial charge on any atom is -0.352 e. The first-order valence-corrected chi connectivity index (χ1v) is 17.2. The van der Waals surface area contributed by atoms with Gasteiger partial charge in [-0.3, -0.25) is 13.9 Å². The third-order valence-electron chi connectivity index (χ3n) is 7.90. The second kappa shape index (κ2) is 15.7. The SMILES string of the molecule is CC[C@@H](C)NC(=O)[C@@H](Cc1ccccc1)N(Cc1ccc(C)cc1)C(=O)CN(c1cc(C(F)(F)F)ccc1Cl)S(=O)(=O)c1ccccc1. The van der Waals surface area contributed by atoms with Crippen molar-refractivity contribution >= 4 is 39.1 Å². The van der Waals surface area contributed by atoms with Crippen LogP contribution in [0.2, 0.25) is 5.02 Å². The number of aryl methyl sites for hydroxylation is 1. The molecule has 0 aliphatic heterocycles. The number of nitrogens with zero attached hydrogens (tertiary/aromatic N) is 2. The first kappa shape index (κ1) is 36.5.